The minimum absolute atomic E-state index is 0.0607. The average molecular weight is 187 g/mol. The van der Waals surface area contributed by atoms with Crippen molar-refractivity contribution in [2.75, 3.05) is 11.9 Å². The molecule has 0 fully saturated rings. The molecule has 1 heterocycles. The van der Waals surface area contributed by atoms with Gasteiger partial charge in [0.2, 0.25) is 0 Å². The zero-order valence-corrected chi connectivity index (χ0v) is 8.26. The fraction of sp³-hybridized carbons (Fsp3) is 0.250. The van der Waals surface area contributed by atoms with E-state index in [1.54, 1.807) is 6.92 Å². The van der Waals surface area contributed by atoms with Gasteiger partial charge in [-0.05, 0) is 30.5 Å². The Kier molecular flexibility index (Phi) is 2.12. The first-order chi connectivity index (χ1) is 6.70. The van der Waals surface area contributed by atoms with Crippen LogP contribution in [0.4, 0.5) is 5.69 Å². The fourth-order valence-electron chi connectivity index (χ4n) is 1.79. The number of ketones is 1. The predicted molar refractivity (Wildman–Crippen MR) is 57.8 cm³/mol. The normalized spacial score (nSPS) is 13.2. The van der Waals surface area contributed by atoms with E-state index in [9.17, 15) is 4.79 Å². The molecule has 1 aromatic rings. The van der Waals surface area contributed by atoms with Crippen molar-refractivity contribution in [3.8, 4) is 0 Å². The number of allylic oxidation sites excluding steroid dienone is 1. The van der Waals surface area contributed by atoms with Gasteiger partial charge in [-0.2, -0.15) is 0 Å². The Balaban J connectivity index is 2.49. The predicted octanol–water partition coefficient (Wildman–Crippen LogP) is 2.41. The van der Waals surface area contributed by atoms with Crippen LogP contribution in [0, 0.1) is 0 Å². The van der Waals surface area contributed by atoms with E-state index < -0.39 is 0 Å². The third-order valence-corrected chi connectivity index (χ3v) is 2.50. The van der Waals surface area contributed by atoms with Crippen molar-refractivity contribution < 1.29 is 4.79 Å². The highest BCUT2D eigenvalue weighted by Crippen LogP contribution is 2.26. The molecule has 0 spiro atoms. The second-order valence-corrected chi connectivity index (χ2v) is 3.62. The van der Waals surface area contributed by atoms with Crippen molar-refractivity contribution in [2.45, 2.75) is 13.3 Å². The van der Waals surface area contributed by atoms with Crippen molar-refractivity contribution in [3.05, 3.63) is 41.5 Å². The Bertz CT molecular complexity index is 407. The van der Waals surface area contributed by atoms with Crippen LogP contribution in [0.25, 0.3) is 0 Å². The number of Topliss-reactive ketones (excluding diaryl/α,β-unsaturated/α-hetero) is 1. The van der Waals surface area contributed by atoms with Crippen LogP contribution in [-0.2, 0) is 6.42 Å². The molecule has 0 amide bonds. The van der Waals surface area contributed by atoms with Crippen LogP contribution < -0.4 is 5.32 Å². The first-order valence-electron chi connectivity index (χ1n) is 4.76. The summed E-state index contributed by atoms with van der Waals surface area (Å²) in [4.78, 5) is 11.8. The van der Waals surface area contributed by atoms with Crippen molar-refractivity contribution in [2.24, 2.45) is 0 Å². The van der Waals surface area contributed by atoms with Gasteiger partial charge in [0.1, 0.15) is 0 Å². The lowest BCUT2D eigenvalue weighted by Crippen LogP contribution is -2.03. The summed E-state index contributed by atoms with van der Waals surface area (Å²) < 4.78 is 0. The average Bonchev–Trinajstić information content (AvgIpc) is 2.63. The largest absolute Gasteiger partial charge is 0.384 e. The minimum Gasteiger partial charge on any atom is -0.384 e. The summed E-state index contributed by atoms with van der Waals surface area (Å²) in [5.74, 6) is 0.0607. The maximum atomic E-state index is 11.8. The summed E-state index contributed by atoms with van der Waals surface area (Å²) in [6, 6.07) is 5.80. The number of benzene rings is 1. The maximum absolute atomic E-state index is 11.8. The lowest BCUT2D eigenvalue weighted by Gasteiger charge is -2.05. The zero-order chi connectivity index (χ0) is 10.1. The van der Waals surface area contributed by atoms with Gasteiger partial charge in [0.05, 0.1) is 0 Å². The van der Waals surface area contributed by atoms with Gasteiger partial charge in [-0.1, -0.05) is 18.7 Å². The second-order valence-electron chi connectivity index (χ2n) is 3.62. The van der Waals surface area contributed by atoms with E-state index in [1.807, 2.05) is 18.2 Å². The summed E-state index contributed by atoms with van der Waals surface area (Å²) in [5, 5.41) is 3.25. The molecule has 72 valence electrons. The molecular formula is C12H13NO. The highest BCUT2D eigenvalue weighted by atomic mass is 16.1. The molecule has 0 aromatic heterocycles. The van der Waals surface area contributed by atoms with Crippen LogP contribution in [0.1, 0.15) is 22.8 Å². The molecule has 1 aliphatic rings. The molecule has 2 nitrogen and oxygen atoms in total. The number of hydrogen-bond donors (Lipinski definition) is 1. The standard InChI is InChI=1S/C12H13NO/c1-8(2)12(14)10-4-3-5-11-9(10)6-7-13-11/h3-5,13H,1,6-7H2,2H3. The summed E-state index contributed by atoms with van der Waals surface area (Å²) in [5.41, 5.74) is 3.64. The molecule has 0 bridgehead atoms. The van der Waals surface area contributed by atoms with E-state index in [0.29, 0.717) is 5.57 Å². The molecule has 0 atom stereocenters. The van der Waals surface area contributed by atoms with E-state index in [4.69, 9.17) is 0 Å². The van der Waals surface area contributed by atoms with Crippen molar-refractivity contribution in [1.82, 2.24) is 0 Å². The number of hydrogen-bond acceptors (Lipinski definition) is 2. The molecule has 2 rings (SSSR count). The van der Waals surface area contributed by atoms with Gasteiger partial charge >= 0.3 is 0 Å². The molecular weight excluding hydrogens is 174 g/mol. The van der Waals surface area contributed by atoms with Crippen LogP contribution in [0.2, 0.25) is 0 Å². The quantitative estimate of drug-likeness (QED) is 0.569. The number of fused-ring (bicyclic) bond motifs is 1. The molecule has 0 saturated heterocycles. The van der Waals surface area contributed by atoms with Crippen LogP contribution in [0.5, 0.6) is 0 Å². The molecule has 0 saturated carbocycles. The molecule has 2 heteroatoms. The Morgan fingerprint density at radius 3 is 3.00 bits per heavy atom. The maximum Gasteiger partial charge on any atom is 0.188 e. The first kappa shape index (κ1) is 9.00. The van der Waals surface area contributed by atoms with Crippen molar-refractivity contribution >= 4 is 11.5 Å². The summed E-state index contributed by atoms with van der Waals surface area (Å²) in [7, 11) is 0. The van der Waals surface area contributed by atoms with E-state index in [0.717, 1.165) is 29.8 Å². The first-order valence-corrected chi connectivity index (χ1v) is 4.76. The van der Waals surface area contributed by atoms with Crippen LogP contribution in [0.3, 0.4) is 0 Å². The Morgan fingerprint density at radius 1 is 1.50 bits per heavy atom. The van der Waals surface area contributed by atoms with Crippen molar-refractivity contribution in [1.29, 1.82) is 0 Å². The van der Waals surface area contributed by atoms with Crippen molar-refractivity contribution in [3.63, 3.8) is 0 Å². The van der Waals surface area contributed by atoms with Gasteiger partial charge in [-0.25, -0.2) is 0 Å². The number of nitrogens with one attached hydrogen (secondary N) is 1. The van der Waals surface area contributed by atoms with E-state index >= 15 is 0 Å². The van der Waals surface area contributed by atoms with E-state index in [-0.39, 0.29) is 5.78 Å². The molecule has 1 N–H and O–H groups in total. The molecule has 0 radical (unpaired) electrons. The molecule has 0 unspecified atom stereocenters. The molecule has 1 aliphatic heterocycles. The van der Waals surface area contributed by atoms with E-state index in [1.165, 1.54) is 0 Å². The van der Waals surface area contributed by atoms with Gasteiger partial charge in [-0.3, -0.25) is 4.79 Å². The highest BCUT2D eigenvalue weighted by Gasteiger charge is 2.18. The number of carbonyl (C=O) groups is 1. The van der Waals surface area contributed by atoms with Gasteiger partial charge in [0, 0.05) is 17.8 Å². The van der Waals surface area contributed by atoms with Crippen LogP contribution in [-0.4, -0.2) is 12.3 Å². The van der Waals surface area contributed by atoms with Crippen LogP contribution >= 0.6 is 0 Å². The molecule has 1 aromatic carbocycles. The number of rotatable bonds is 2. The topological polar surface area (TPSA) is 29.1 Å². The monoisotopic (exact) mass is 187 g/mol. The SMILES string of the molecule is C=C(C)C(=O)c1cccc2c1CCN2. The third kappa shape index (κ3) is 1.33. The Hall–Kier alpha value is -1.57. The summed E-state index contributed by atoms with van der Waals surface area (Å²) in [6.45, 7) is 6.37. The van der Waals surface area contributed by atoms with Crippen LogP contribution in [0.15, 0.2) is 30.4 Å². The second kappa shape index (κ2) is 3.29. The zero-order valence-electron chi connectivity index (χ0n) is 8.26. The van der Waals surface area contributed by atoms with Gasteiger partial charge in [-0.15, -0.1) is 0 Å². The number of carbonyl (C=O) groups excluding carboxylic acids is 1. The molecule has 14 heavy (non-hydrogen) atoms. The van der Waals surface area contributed by atoms with Gasteiger partial charge in [0.25, 0.3) is 0 Å². The van der Waals surface area contributed by atoms with Gasteiger partial charge in [0.15, 0.2) is 5.78 Å². The lowest BCUT2D eigenvalue weighted by atomic mass is 9.98. The van der Waals surface area contributed by atoms with E-state index in [2.05, 4.69) is 11.9 Å². The number of anilines is 1. The Morgan fingerprint density at radius 2 is 2.29 bits per heavy atom. The third-order valence-electron chi connectivity index (χ3n) is 2.50. The minimum atomic E-state index is 0.0607. The Labute approximate surface area is 83.6 Å². The highest BCUT2D eigenvalue weighted by molar-refractivity contribution is 6.09. The summed E-state index contributed by atoms with van der Waals surface area (Å²) in [6.07, 6.45) is 0.935. The fourth-order valence-corrected chi connectivity index (χ4v) is 1.79. The lowest BCUT2D eigenvalue weighted by molar-refractivity contribution is 0.103. The summed E-state index contributed by atoms with van der Waals surface area (Å²) >= 11 is 0. The smallest absolute Gasteiger partial charge is 0.188 e. The van der Waals surface area contributed by atoms with Gasteiger partial charge < -0.3 is 5.32 Å². The molecule has 0 aliphatic carbocycles.